The average molecular weight is 391 g/mol. The second-order valence-electron chi connectivity index (χ2n) is 7.15. The highest BCUT2D eigenvalue weighted by Gasteiger charge is 2.16. The van der Waals surface area contributed by atoms with Crippen LogP contribution in [0.1, 0.15) is 29.2 Å². The molecule has 0 bridgehead atoms. The van der Waals surface area contributed by atoms with Crippen LogP contribution in [0.5, 0.6) is 0 Å². The normalized spacial score (nSPS) is 11.2. The fourth-order valence-electron chi connectivity index (χ4n) is 3.27. The molecule has 0 fully saturated rings. The Balaban J connectivity index is 1.51. The Hall–Kier alpha value is -2.99. The van der Waals surface area contributed by atoms with Crippen LogP contribution in [0, 0.1) is 5.92 Å². The molecule has 0 saturated carbocycles. The predicted molar refractivity (Wildman–Crippen MR) is 113 cm³/mol. The van der Waals surface area contributed by atoms with Crippen LogP contribution in [0.2, 0.25) is 0 Å². The summed E-state index contributed by atoms with van der Waals surface area (Å²) in [5, 5.41) is 6.89. The van der Waals surface area contributed by atoms with Crippen LogP contribution in [0.15, 0.2) is 60.4 Å². The van der Waals surface area contributed by atoms with E-state index in [-0.39, 0.29) is 5.91 Å². The first-order chi connectivity index (χ1) is 13.6. The Bertz CT molecular complexity index is 1100. The number of nitrogens with zero attached hydrogens (tertiary/aromatic N) is 3. The molecule has 142 valence electrons. The fraction of sp³-hybridized carbons (Fsp3) is 0.227. The summed E-state index contributed by atoms with van der Waals surface area (Å²) in [6.07, 6.45) is 5.47. The SMILES string of the molecule is CC(C)Cn1cc(C(=O)NCc2nc(-c3ccncc3)cs2)c2ccccc21. The van der Waals surface area contributed by atoms with Crippen molar-refractivity contribution < 1.29 is 4.79 Å². The first-order valence-electron chi connectivity index (χ1n) is 9.32. The third kappa shape index (κ3) is 3.82. The Morgan fingerprint density at radius 3 is 2.75 bits per heavy atom. The van der Waals surface area contributed by atoms with Crippen molar-refractivity contribution in [1.29, 1.82) is 0 Å². The number of amides is 1. The topological polar surface area (TPSA) is 59.8 Å². The van der Waals surface area contributed by atoms with Crippen LogP contribution < -0.4 is 5.32 Å². The molecule has 0 saturated heterocycles. The van der Waals surface area contributed by atoms with Gasteiger partial charge in [-0.25, -0.2) is 4.98 Å². The number of carbonyl (C=O) groups is 1. The standard InChI is InChI=1S/C22H22N4OS/c1-15(2)12-26-13-18(17-5-3-4-6-20(17)26)22(27)24-11-21-25-19(14-28-21)16-7-9-23-10-8-16/h3-10,13-15H,11-12H2,1-2H3,(H,24,27). The molecule has 4 aromatic rings. The molecule has 4 rings (SSSR count). The summed E-state index contributed by atoms with van der Waals surface area (Å²) >= 11 is 1.55. The van der Waals surface area contributed by atoms with E-state index in [0.717, 1.165) is 33.7 Å². The minimum absolute atomic E-state index is 0.0700. The van der Waals surface area contributed by atoms with E-state index in [1.807, 2.05) is 41.9 Å². The average Bonchev–Trinajstić information content (AvgIpc) is 3.32. The summed E-state index contributed by atoms with van der Waals surface area (Å²) < 4.78 is 2.17. The summed E-state index contributed by atoms with van der Waals surface area (Å²) in [6, 6.07) is 11.9. The van der Waals surface area contributed by atoms with E-state index < -0.39 is 0 Å². The maximum Gasteiger partial charge on any atom is 0.253 e. The highest BCUT2D eigenvalue weighted by molar-refractivity contribution is 7.09. The van der Waals surface area contributed by atoms with Crippen LogP contribution in [-0.2, 0) is 13.1 Å². The number of aromatic nitrogens is 3. The molecule has 0 atom stereocenters. The number of rotatable bonds is 6. The van der Waals surface area contributed by atoms with E-state index in [0.29, 0.717) is 18.0 Å². The van der Waals surface area contributed by atoms with Crippen molar-refractivity contribution in [2.45, 2.75) is 26.9 Å². The molecule has 0 unspecified atom stereocenters. The smallest absolute Gasteiger partial charge is 0.253 e. The van der Waals surface area contributed by atoms with Gasteiger partial charge in [0.25, 0.3) is 5.91 Å². The maximum absolute atomic E-state index is 12.9. The van der Waals surface area contributed by atoms with Gasteiger partial charge < -0.3 is 9.88 Å². The lowest BCUT2D eigenvalue weighted by Crippen LogP contribution is -2.22. The van der Waals surface area contributed by atoms with Gasteiger partial charge in [0.15, 0.2) is 0 Å². The highest BCUT2D eigenvalue weighted by Crippen LogP contribution is 2.23. The fourth-order valence-corrected chi connectivity index (χ4v) is 4.01. The molecule has 0 aliphatic rings. The minimum Gasteiger partial charge on any atom is -0.346 e. The van der Waals surface area contributed by atoms with Gasteiger partial charge in [-0.3, -0.25) is 9.78 Å². The molecule has 0 spiro atoms. The molecular weight excluding hydrogens is 368 g/mol. The lowest BCUT2D eigenvalue weighted by atomic mass is 10.1. The molecule has 1 aromatic carbocycles. The van der Waals surface area contributed by atoms with Crippen molar-refractivity contribution in [3.8, 4) is 11.3 Å². The molecule has 0 aliphatic carbocycles. The number of fused-ring (bicyclic) bond motifs is 1. The molecule has 3 heterocycles. The Morgan fingerprint density at radius 1 is 1.18 bits per heavy atom. The van der Waals surface area contributed by atoms with Gasteiger partial charge in [-0.2, -0.15) is 0 Å². The third-order valence-corrected chi connectivity index (χ3v) is 5.37. The van der Waals surface area contributed by atoms with Gasteiger partial charge in [0.05, 0.1) is 17.8 Å². The molecular formula is C22H22N4OS. The summed E-state index contributed by atoms with van der Waals surface area (Å²) in [4.78, 5) is 21.5. The van der Waals surface area contributed by atoms with Gasteiger partial charge >= 0.3 is 0 Å². The predicted octanol–water partition coefficient (Wildman–Crippen LogP) is 4.75. The maximum atomic E-state index is 12.9. The number of pyridine rings is 1. The van der Waals surface area contributed by atoms with E-state index >= 15 is 0 Å². The number of para-hydroxylation sites is 1. The van der Waals surface area contributed by atoms with Gasteiger partial charge in [-0.1, -0.05) is 32.0 Å². The number of carbonyl (C=O) groups excluding carboxylic acids is 1. The monoisotopic (exact) mass is 390 g/mol. The Labute approximate surface area is 168 Å². The van der Waals surface area contributed by atoms with Crippen molar-refractivity contribution in [1.82, 2.24) is 19.9 Å². The van der Waals surface area contributed by atoms with Crippen LogP contribution in [0.3, 0.4) is 0 Å². The summed E-state index contributed by atoms with van der Waals surface area (Å²) in [5.74, 6) is 0.438. The van der Waals surface area contributed by atoms with E-state index in [1.165, 1.54) is 0 Å². The molecule has 0 radical (unpaired) electrons. The molecule has 28 heavy (non-hydrogen) atoms. The minimum atomic E-state index is -0.0700. The van der Waals surface area contributed by atoms with Crippen LogP contribution >= 0.6 is 11.3 Å². The lowest BCUT2D eigenvalue weighted by Gasteiger charge is -2.07. The number of nitrogens with one attached hydrogen (secondary N) is 1. The quantitative estimate of drug-likeness (QED) is 0.517. The molecule has 6 heteroatoms. The zero-order valence-electron chi connectivity index (χ0n) is 15.9. The van der Waals surface area contributed by atoms with Crippen molar-refractivity contribution in [2.24, 2.45) is 5.92 Å². The Morgan fingerprint density at radius 2 is 1.96 bits per heavy atom. The molecule has 0 aliphatic heterocycles. The summed E-state index contributed by atoms with van der Waals surface area (Å²) in [6.45, 7) is 5.66. The van der Waals surface area contributed by atoms with E-state index in [1.54, 1.807) is 23.7 Å². The van der Waals surface area contributed by atoms with Crippen molar-refractivity contribution in [3.05, 3.63) is 70.9 Å². The molecule has 3 aromatic heterocycles. The lowest BCUT2D eigenvalue weighted by molar-refractivity contribution is 0.0952. The second kappa shape index (κ2) is 7.94. The zero-order chi connectivity index (χ0) is 19.5. The Kier molecular flexibility index (Phi) is 5.21. The van der Waals surface area contributed by atoms with Crippen LogP contribution in [0.4, 0.5) is 0 Å². The molecule has 1 N–H and O–H groups in total. The number of thiazole rings is 1. The van der Waals surface area contributed by atoms with E-state index in [2.05, 4.69) is 39.8 Å². The van der Waals surface area contributed by atoms with E-state index in [4.69, 9.17) is 0 Å². The van der Waals surface area contributed by atoms with Gasteiger partial charge in [0.2, 0.25) is 0 Å². The largest absolute Gasteiger partial charge is 0.346 e. The zero-order valence-corrected chi connectivity index (χ0v) is 16.7. The van der Waals surface area contributed by atoms with Crippen molar-refractivity contribution in [2.75, 3.05) is 0 Å². The van der Waals surface area contributed by atoms with E-state index in [9.17, 15) is 4.79 Å². The number of benzene rings is 1. The van der Waals surface area contributed by atoms with Crippen LogP contribution in [0.25, 0.3) is 22.2 Å². The number of hydrogen-bond donors (Lipinski definition) is 1. The first kappa shape index (κ1) is 18.4. The van der Waals surface area contributed by atoms with Gasteiger partial charge in [-0.15, -0.1) is 11.3 Å². The molecule has 5 nitrogen and oxygen atoms in total. The van der Waals surface area contributed by atoms with Crippen molar-refractivity contribution >= 4 is 28.1 Å². The first-order valence-corrected chi connectivity index (χ1v) is 10.2. The van der Waals surface area contributed by atoms with Crippen LogP contribution in [-0.4, -0.2) is 20.4 Å². The summed E-state index contributed by atoms with van der Waals surface area (Å²) in [7, 11) is 0. The molecule has 1 amide bonds. The highest BCUT2D eigenvalue weighted by atomic mass is 32.1. The second-order valence-corrected chi connectivity index (χ2v) is 8.09. The summed E-state index contributed by atoms with van der Waals surface area (Å²) in [5.41, 5.74) is 3.74. The van der Waals surface area contributed by atoms with Crippen molar-refractivity contribution in [3.63, 3.8) is 0 Å². The van der Waals surface area contributed by atoms with Gasteiger partial charge in [0, 0.05) is 47.0 Å². The van der Waals surface area contributed by atoms with Gasteiger partial charge in [-0.05, 0) is 24.1 Å². The third-order valence-electron chi connectivity index (χ3n) is 4.52. The van der Waals surface area contributed by atoms with Gasteiger partial charge in [0.1, 0.15) is 5.01 Å². The number of hydrogen-bond acceptors (Lipinski definition) is 4.